The summed E-state index contributed by atoms with van der Waals surface area (Å²) in [6, 6.07) is 10.0. The lowest BCUT2D eigenvalue weighted by Crippen LogP contribution is -2.16. The number of ether oxygens (including phenoxy) is 1. The first-order valence-electron chi connectivity index (χ1n) is 9.96. The average Bonchev–Trinajstić information content (AvgIpc) is 3.37. The Bertz CT molecular complexity index is 1050. The zero-order valence-electron chi connectivity index (χ0n) is 16.9. The van der Waals surface area contributed by atoms with Crippen molar-refractivity contribution in [3.63, 3.8) is 0 Å². The van der Waals surface area contributed by atoms with Crippen LogP contribution in [0.15, 0.2) is 40.1 Å². The summed E-state index contributed by atoms with van der Waals surface area (Å²) < 4.78 is 5.91. The minimum Gasteiger partial charge on any atom is -0.462 e. The van der Waals surface area contributed by atoms with Crippen LogP contribution < -0.4 is 10.6 Å². The Kier molecular flexibility index (Phi) is 7.21. The number of thioether (sulfide) groups is 1. The molecule has 1 amide bonds. The van der Waals surface area contributed by atoms with Crippen LogP contribution in [0, 0.1) is 0 Å². The van der Waals surface area contributed by atoms with E-state index in [0.717, 1.165) is 24.0 Å². The first-order chi connectivity index (χ1) is 15.1. The topological polar surface area (TPSA) is 93.2 Å². The summed E-state index contributed by atoms with van der Waals surface area (Å²) in [5.74, 6) is 0.0335. The molecule has 2 N–H and O–H groups in total. The lowest BCUT2D eigenvalue weighted by Gasteiger charge is -2.07. The fraction of sp³-hybridized carbons (Fsp3) is 0.333. The van der Waals surface area contributed by atoms with Gasteiger partial charge in [-0.05, 0) is 42.2 Å². The molecule has 7 nitrogen and oxygen atoms in total. The SMILES string of the molecule is CCOC(=O)c1c(C2CC2)csc1NC(=O)CSc1nnc(NCc2ccccc2)s1. The van der Waals surface area contributed by atoms with Crippen LogP contribution >= 0.6 is 34.4 Å². The molecule has 10 heteroatoms. The molecular formula is C21H22N4O3S3. The monoisotopic (exact) mass is 474 g/mol. The van der Waals surface area contributed by atoms with E-state index in [1.807, 2.05) is 35.7 Å². The maximum Gasteiger partial charge on any atom is 0.341 e. The standard InChI is InChI=1S/C21H22N4O3S3/c1-2-28-19(27)17-15(14-8-9-14)11-29-18(17)23-16(26)12-30-21-25-24-20(31-21)22-10-13-6-4-3-5-7-13/h3-7,11,14H,2,8-10,12H2,1H3,(H,22,24)(H,23,26). The van der Waals surface area contributed by atoms with Crippen LogP contribution in [-0.2, 0) is 16.1 Å². The number of carbonyl (C=O) groups is 2. The van der Waals surface area contributed by atoms with Crippen LogP contribution in [0.2, 0.25) is 0 Å². The first-order valence-corrected chi connectivity index (χ1v) is 12.6. The van der Waals surface area contributed by atoms with Crippen LogP contribution in [-0.4, -0.2) is 34.4 Å². The molecule has 1 aromatic carbocycles. The lowest BCUT2D eigenvalue weighted by atomic mass is 10.1. The second-order valence-electron chi connectivity index (χ2n) is 6.94. The van der Waals surface area contributed by atoms with Gasteiger partial charge in [-0.15, -0.1) is 21.5 Å². The van der Waals surface area contributed by atoms with Crippen molar-refractivity contribution in [1.29, 1.82) is 0 Å². The highest BCUT2D eigenvalue weighted by Gasteiger charge is 2.32. The van der Waals surface area contributed by atoms with Crippen molar-refractivity contribution in [2.45, 2.75) is 36.6 Å². The number of hydrogen-bond donors (Lipinski definition) is 2. The molecule has 3 aromatic rings. The highest BCUT2D eigenvalue weighted by Crippen LogP contribution is 2.46. The van der Waals surface area contributed by atoms with E-state index in [-0.39, 0.29) is 17.6 Å². The quantitative estimate of drug-likeness (QED) is 0.316. The van der Waals surface area contributed by atoms with Gasteiger partial charge < -0.3 is 15.4 Å². The van der Waals surface area contributed by atoms with Crippen LogP contribution in [0.25, 0.3) is 0 Å². The van der Waals surface area contributed by atoms with Crippen molar-refractivity contribution < 1.29 is 14.3 Å². The van der Waals surface area contributed by atoms with Crippen LogP contribution in [0.4, 0.5) is 10.1 Å². The van der Waals surface area contributed by atoms with E-state index in [2.05, 4.69) is 20.8 Å². The minimum atomic E-state index is -0.369. The molecule has 0 aliphatic heterocycles. The van der Waals surface area contributed by atoms with Gasteiger partial charge in [0.2, 0.25) is 11.0 Å². The number of carbonyl (C=O) groups excluding carboxylic acids is 2. The third-order valence-electron chi connectivity index (χ3n) is 4.59. The molecule has 0 unspecified atom stereocenters. The van der Waals surface area contributed by atoms with Gasteiger partial charge in [0.05, 0.1) is 17.9 Å². The maximum atomic E-state index is 12.5. The largest absolute Gasteiger partial charge is 0.462 e. The number of amides is 1. The number of aromatic nitrogens is 2. The fourth-order valence-corrected chi connectivity index (χ4v) is 5.57. The smallest absolute Gasteiger partial charge is 0.341 e. The van der Waals surface area contributed by atoms with Crippen LogP contribution in [0.3, 0.4) is 0 Å². The predicted octanol–water partition coefficient (Wildman–Crippen LogP) is 5.00. The van der Waals surface area contributed by atoms with Gasteiger partial charge in [0.25, 0.3) is 0 Å². The summed E-state index contributed by atoms with van der Waals surface area (Å²) in [6.45, 7) is 2.75. The van der Waals surface area contributed by atoms with Crippen molar-refractivity contribution in [2.75, 3.05) is 23.0 Å². The summed E-state index contributed by atoms with van der Waals surface area (Å²) in [5, 5.41) is 17.6. The Morgan fingerprint density at radius 1 is 1.23 bits per heavy atom. The van der Waals surface area contributed by atoms with Gasteiger partial charge in [0.15, 0.2) is 4.34 Å². The highest BCUT2D eigenvalue weighted by molar-refractivity contribution is 8.01. The molecule has 1 aliphatic carbocycles. The number of esters is 1. The molecule has 4 rings (SSSR count). The molecule has 0 radical (unpaired) electrons. The summed E-state index contributed by atoms with van der Waals surface area (Å²) in [5.41, 5.74) is 2.66. The van der Waals surface area contributed by atoms with Crippen molar-refractivity contribution in [2.24, 2.45) is 0 Å². The summed E-state index contributed by atoms with van der Waals surface area (Å²) in [6.07, 6.45) is 2.15. The number of nitrogens with zero attached hydrogens (tertiary/aromatic N) is 2. The lowest BCUT2D eigenvalue weighted by molar-refractivity contribution is -0.113. The van der Waals surface area contributed by atoms with Gasteiger partial charge >= 0.3 is 5.97 Å². The van der Waals surface area contributed by atoms with Gasteiger partial charge in [-0.25, -0.2) is 4.79 Å². The number of thiophene rings is 1. The molecule has 0 atom stereocenters. The number of anilines is 2. The van der Waals surface area contributed by atoms with E-state index < -0.39 is 0 Å². The Morgan fingerprint density at radius 2 is 2.03 bits per heavy atom. The summed E-state index contributed by atoms with van der Waals surface area (Å²) in [7, 11) is 0. The van der Waals surface area contributed by atoms with Gasteiger partial charge in [-0.1, -0.05) is 53.4 Å². The van der Waals surface area contributed by atoms with Crippen molar-refractivity contribution in [3.05, 3.63) is 52.4 Å². The third-order valence-corrected chi connectivity index (χ3v) is 7.52. The van der Waals surface area contributed by atoms with Gasteiger partial charge in [0, 0.05) is 6.54 Å². The van der Waals surface area contributed by atoms with Crippen molar-refractivity contribution >= 4 is 56.4 Å². The fourth-order valence-electron chi connectivity index (χ4n) is 2.97. The maximum absolute atomic E-state index is 12.5. The molecular weight excluding hydrogens is 452 g/mol. The Morgan fingerprint density at radius 3 is 2.77 bits per heavy atom. The Labute approximate surface area is 192 Å². The van der Waals surface area contributed by atoms with E-state index in [4.69, 9.17) is 4.74 Å². The van der Waals surface area contributed by atoms with Gasteiger partial charge in [0.1, 0.15) is 5.00 Å². The van der Waals surface area contributed by atoms with E-state index in [1.54, 1.807) is 6.92 Å². The van der Waals surface area contributed by atoms with Gasteiger partial charge in [-0.3, -0.25) is 4.79 Å². The zero-order chi connectivity index (χ0) is 21.6. The summed E-state index contributed by atoms with van der Waals surface area (Å²) in [4.78, 5) is 24.9. The number of hydrogen-bond acceptors (Lipinski definition) is 9. The van der Waals surface area contributed by atoms with Crippen molar-refractivity contribution in [1.82, 2.24) is 10.2 Å². The van der Waals surface area contributed by atoms with E-state index >= 15 is 0 Å². The molecule has 2 heterocycles. The molecule has 1 aliphatic rings. The van der Waals surface area contributed by atoms with Crippen molar-refractivity contribution in [3.8, 4) is 0 Å². The molecule has 2 aromatic heterocycles. The molecule has 1 fully saturated rings. The average molecular weight is 475 g/mol. The second-order valence-corrected chi connectivity index (χ2v) is 10.0. The molecule has 162 valence electrons. The first kappa shape index (κ1) is 21.8. The Hall–Kier alpha value is -2.43. The normalized spacial score (nSPS) is 13.1. The second kappa shape index (κ2) is 10.3. The van der Waals surface area contributed by atoms with Crippen LogP contribution in [0.1, 0.15) is 47.2 Å². The zero-order valence-corrected chi connectivity index (χ0v) is 19.4. The Balaban J connectivity index is 1.31. The van der Waals surface area contributed by atoms with Crippen LogP contribution in [0.5, 0.6) is 0 Å². The predicted molar refractivity (Wildman–Crippen MR) is 125 cm³/mol. The molecule has 0 spiro atoms. The number of benzene rings is 1. The molecule has 31 heavy (non-hydrogen) atoms. The summed E-state index contributed by atoms with van der Waals surface area (Å²) >= 11 is 4.11. The molecule has 0 saturated heterocycles. The van der Waals surface area contributed by atoms with E-state index in [9.17, 15) is 9.59 Å². The molecule has 0 bridgehead atoms. The highest BCUT2D eigenvalue weighted by atomic mass is 32.2. The van der Waals surface area contributed by atoms with E-state index in [0.29, 0.717) is 39.1 Å². The van der Waals surface area contributed by atoms with Gasteiger partial charge in [-0.2, -0.15) is 0 Å². The number of nitrogens with one attached hydrogen (secondary N) is 2. The number of rotatable bonds is 10. The van der Waals surface area contributed by atoms with E-state index in [1.165, 1.54) is 34.4 Å². The molecule has 1 saturated carbocycles. The minimum absolute atomic E-state index is 0.186. The third kappa shape index (κ3) is 5.84.